The number of hydrogen-bond acceptors (Lipinski definition) is 6. The molecule has 2 aromatic rings. The first kappa shape index (κ1) is 10.4. The van der Waals surface area contributed by atoms with Crippen LogP contribution in [0.3, 0.4) is 0 Å². The van der Waals surface area contributed by atoms with Crippen molar-refractivity contribution in [3.63, 3.8) is 0 Å². The van der Waals surface area contributed by atoms with Gasteiger partial charge < -0.3 is 10.3 Å². The van der Waals surface area contributed by atoms with Crippen molar-refractivity contribution in [2.75, 3.05) is 5.73 Å². The predicted octanol–water partition coefficient (Wildman–Crippen LogP) is 0.815. The Labute approximate surface area is 96.1 Å². The van der Waals surface area contributed by atoms with E-state index >= 15 is 0 Å². The number of aryl methyl sites for hydroxylation is 1. The lowest BCUT2D eigenvalue weighted by Crippen LogP contribution is -1.95. The number of aromatic nitrogens is 4. The van der Waals surface area contributed by atoms with Gasteiger partial charge in [0, 0.05) is 13.2 Å². The van der Waals surface area contributed by atoms with Gasteiger partial charge in [-0.3, -0.25) is 0 Å². The third kappa shape index (κ3) is 1.97. The van der Waals surface area contributed by atoms with E-state index in [0.717, 1.165) is 0 Å². The van der Waals surface area contributed by atoms with Crippen LogP contribution in [0.5, 0.6) is 0 Å². The van der Waals surface area contributed by atoms with Crippen LogP contribution in [-0.2, 0) is 7.05 Å². The van der Waals surface area contributed by atoms with Gasteiger partial charge in [-0.15, -0.1) is 10.2 Å². The summed E-state index contributed by atoms with van der Waals surface area (Å²) in [6.07, 6.45) is 3.08. The summed E-state index contributed by atoms with van der Waals surface area (Å²) in [7, 11) is 1.84. The number of nitrogens with two attached hydrogens (primary N) is 1. The maximum atomic E-state index is 8.67. The molecular weight excluding hydrogens is 224 g/mol. The zero-order valence-electron chi connectivity index (χ0n) is 8.45. The molecule has 0 aliphatic rings. The monoisotopic (exact) mass is 232 g/mol. The number of hydrogen-bond donors (Lipinski definition) is 1. The van der Waals surface area contributed by atoms with Crippen LogP contribution in [0.4, 0.5) is 5.69 Å². The molecule has 0 saturated carbocycles. The number of anilines is 1. The molecule has 0 atom stereocenters. The van der Waals surface area contributed by atoms with Crippen molar-refractivity contribution in [3.05, 3.63) is 24.2 Å². The quantitative estimate of drug-likeness (QED) is 0.823. The molecule has 2 aromatic heterocycles. The fourth-order valence-corrected chi connectivity index (χ4v) is 1.80. The first-order valence-corrected chi connectivity index (χ1v) is 5.20. The van der Waals surface area contributed by atoms with Crippen molar-refractivity contribution >= 4 is 17.4 Å². The molecule has 0 fully saturated rings. The lowest BCUT2D eigenvalue weighted by Gasteiger charge is -2.03. The molecule has 2 N–H and O–H groups in total. The lowest BCUT2D eigenvalue weighted by molar-refractivity contribution is 0.787. The van der Waals surface area contributed by atoms with Gasteiger partial charge in [-0.2, -0.15) is 5.26 Å². The van der Waals surface area contributed by atoms with Crippen molar-refractivity contribution < 1.29 is 0 Å². The lowest BCUT2D eigenvalue weighted by atomic mass is 10.3. The second-order valence-corrected chi connectivity index (χ2v) is 4.01. The number of nitrogens with zero attached hydrogens (tertiary/aromatic N) is 5. The predicted molar refractivity (Wildman–Crippen MR) is 58.5 cm³/mol. The second-order valence-electron chi connectivity index (χ2n) is 3.06. The molecule has 6 nitrogen and oxygen atoms in total. The van der Waals surface area contributed by atoms with Gasteiger partial charge in [0.15, 0.2) is 5.16 Å². The number of nitriles is 1. The van der Waals surface area contributed by atoms with Crippen molar-refractivity contribution in [3.8, 4) is 6.07 Å². The molecule has 0 amide bonds. The van der Waals surface area contributed by atoms with E-state index in [1.54, 1.807) is 17.0 Å². The van der Waals surface area contributed by atoms with E-state index in [9.17, 15) is 0 Å². The molecule has 2 rings (SSSR count). The summed E-state index contributed by atoms with van der Waals surface area (Å²) < 4.78 is 1.77. The number of rotatable bonds is 2. The van der Waals surface area contributed by atoms with Crippen LogP contribution in [0.1, 0.15) is 5.56 Å². The number of pyridine rings is 1. The highest BCUT2D eigenvalue weighted by molar-refractivity contribution is 7.99. The highest BCUT2D eigenvalue weighted by atomic mass is 32.2. The molecule has 0 spiro atoms. The van der Waals surface area contributed by atoms with Crippen molar-refractivity contribution in [2.24, 2.45) is 7.05 Å². The molecule has 0 aliphatic carbocycles. The molecule has 0 radical (unpaired) electrons. The highest BCUT2D eigenvalue weighted by Gasteiger charge is 2.08. The van der Waals surface area contributed by atoms with E-state index in [4.69, 9.17) is 11.0 Å². The van der Waals surface area contributed by atoms with Gasteiger partial charge in [0.1, 0.15) is 17.4 Å². The van der Waals surface area contributed by atoms with E-state index in [2.05, 4.69) is 15.2 Å². The Kier molecular flexibility index (Phi) is 2.74. The third-order valence-corrected chi connectivity index (χ3v) is 2.95. The molecule has 16 heavy (non-hydrogen) atoms. The fourth-order valence-electron chi connectivity index (χ4n) is 1.07. The van der Waals surface area contributed by atoms with Gasteiger partial charge in [-0.25, -0.2) is 4.98 Å². The van der Waals surface area contributed by atoms with Crippen LogP contribution in [0.2, 0.25) is 0 Å². The molecule has 7 heteroatoms. The van der Waals surface area contributed by atoms with E-state index in [0.29, 0.717) is 21.4 Å². The minimum absolute atomic E-state index is 0.444. The van der Waals surface area contributed by atoms with Gasteiger partial charge in [0.2, 0.25) is 0 Å². The van der Waals surface area contributed by atoms with Crippen molar-refractivity contribution in [2.45, 2.75) is 10.2 Å². The Hall–Kier alpha value is -2.07. The van der Waals surface area contributed by atoms with Gasteiger partial charge in [0.25, 0.3) is 0 Å². The molecule has 80 valence electrons. The number of nitrogen functional groups attached to an aromatic ring is 1. The van der Waals surface area contributed by atoms with Gasteiger partial charge in [-0.05, 0) is 17.8 Å². The second kappa shape index (κ2) is 4.20. The Morgan fingerprint density at radius 2 is 2.38 bits per heavy atom. The smallest absolute Gasteiger partial charge is 0.197 e. The molecule has 0 aliphatic heterocycles. The largest absolute Gasteiger partial charge is 0.396 e. The van der Waals surface area contributed by atoms with Crippen LogP contribution >= 0.6 is 11.8 Å². The molecule has 0 unspecified atom stereocenters. The Balaban J connectivity index is 2.30. The van der Waals surface area contributed by atoms with Crippen LogP contribution in [0.15, 0.2) is 28.8 Å². The SMILES string of the molecule is Cn1cnnc1Sc1ncc(C#N)cc1N. The highest BCUT2D eigenvalue weighted by Crippen LogP contribution is 2.28. The standard InChI is InChI=1S/C9H8N6S/c1-15-5-13-14-9(15)16-8-7(11)2-6(3-10)4-12-8/h2,4-5H,11H2,1H3. The van der Waals surface area contributed by atoms with Gasteiger partial charge >= 0.3 is 0 Å². The van der Waals surface area contributed by atoms with Crippen LogP contribution < -0.4 is 5.73 Å². The van der Waals surface area contributed by atoms with E-state index in [-0.39, 0.29) is 0 Å². The molecule has 0 saturated heterocycles. The van der Waals surface area contributed by atoms with Crippen LogP contribution in [0.25, 0.3) is 0 Å². The average molecular weight is 232 g/mol. The van der Waals surface area contributed by atoms with Gasteiger partial charge in [-0.1, -0.05) is 0 Å². The Bertz CT molecular complexity index is 555. The summed E-state index contributed by atoms with van der Waals surface area (Å²) in [6.45, 7) is 0. The molecule has 2 heterocycles. The summed E-state index contributed by atoms with van der Waals surface area (Å²) in [5.74, 6) is 0. The zero-order chi connectivity index (χ0) is 11.5. The summed E-state index contributed by atoms with van der Waals surface area (Å²) in [6, 6.07) is 3.57. The summed E-state index contributed by atoms with van der Waals surface area (Å²) in [5.41, 5.74) is 6.68. The molecule has 0 aromatic carbocycles. The van der Waals surface area contributed by atoms with Crippen LogP contribution in [0, 0.1) is 11.3 Å². The van der Waals surface area contributed by atoms with E-state index in [1.807, 2.05) is 13.1 Å². The normalized spacial score (nSPS) is 10.0. The Morgan fingerprint density at radius 1 is 1.56 bits per heavy atom. The summed E-state index contributed by atoms with van der Waals surface area (Å²) in [4.78, 5) is 4.10. The third-order valence-electron chi connectivity index (χ3n) is 1.87. The maximum Gasteiger partial charge on any atom is 0.197 e. The summed E-state index contributed by atoms with van der Waals surface area (Å²) >= 11 is 1.31. The van der Waals surface area contributed by atoms with Crippen molar-refractivity contribution in [1.29, 1.82) is 5.26 Å². The fraction of sp³-hybridized carbons (Fsp3) is 0.111. The molecular formula is C9H8N6S. The van der Waals surface area contributed by atoms with E-state index < -0.39 is 0 Å². The average Bonchev–Trinajstić information content (AvgIpc) is 2.67. The minimum Gasteiger partial charge on any atom is -0.396 e. The van der Waals surface area contributed by atoms with Crippen LogP contribution in [-0.4, -0.2) is 19.7 Å². The first-order valence-electron chi connectivity index (χ1n) is 4.38. The maximum absolute atomic E-state index is 8.67. The van der Waals surface area contributed by atoms with E-state index in [1.165, 1.54) is 18.0 Å². The topological polar surface area (TPSA) is 93.4 Å². The van der Waals surface area contributed by atoms with Gasteiger partial charge in [0.05, 0.1) is 11.3 Å². The minimum atomic E-state index is 0.444. The zero-order valence-corrected chi connectivity index (χ0v) is 9.27. The Morgan fingerprint density at radius 3 is 2.94 bits per heavy atom. The molecule has 0 bridgehead atoms. The first-order chi connectivity index (χ1) is 7.70. The summed E-state index contributed by atoms with van der Waals surface area (Å²) in [5, 5.41) is 17.7. The van der Waals surface area contributed by atoms with Crippen molar-refractivity contribution in [1.82, 2.24) is 19.7 Å².